The molecule has 1 aliphatic heterocycles. The Kier molecular flexibility index (Phi) is 5.14. The third-order valence-electron chi connectivity index (χ3n) is 2.03. The molecule has 0 saturated carbocycles. The molecule has 1 heterocycles. The van der Waals surface area contributed by atoms with Crippen molar-refractivity contribution in [2.75, 3.05) is 19.8 Å². The van der Waals surface area contributed by atoms with Gasteiger partial charge < -0.3 is 9.47 Å². The van der Waals surface area contributed by atoms with Gasteiger partial charge in [0.1, 0.15) is 6.10 Å². The predicted molar refractivity (Wildman–Crippen MR) is 57.6 cm³/mol. The maximum absolute atomic E-state index is 5.44. The van der Waals surface area contributed by atoms with E-state index in [2.05, 4.69) is 6.55 Å². The third kappa shape index (κ3) is 5.94. The molecule has 1 aliphatic rings. The van der Waals surface area contributed by atoms with Crippen LogP contribution in [0.15, 0.2) is 0 Å². The molecular formula is C8H20O2Si2. The van der Waals surface area contributed by atoms with E-state index in [0.29, 0.717) is 6.10 Å². The molecule has 0 aromatic carbocycles. The largest absolute Gasteiger partial charge is 0.379 e. The number of unbranched alkanes of at least 4 members (excludes halogenated alkanes) is 1. The highest BCUT2D eigenvalue weighted by molar-refractivity contribution is 7.02. The Bertz CT molecular complexity index is 110. The third-order valence-corrected chi connectivity index (χ3v) is 5.32. The zero-order valence-corrected chi connectivity index (χ0v) is 11.4. The lowest BCUT2D eigenvalue weighted by atomic mass is 10.3. The molecule has 1 fully saturated rings. The summed E-state index contributed by atoms with van der Waals surface area (Å²) in [5.74, 6) is 0. The van der Waals surface area contributed by atoms with Crippen molar-refractivity contribution in [1.29, 1.82) is 0 Å². The topological polar surface area (TPSA) is 21.8 Å². The van der Waals surface area contributed by atoms with Gasteiger partial charge in [-0.25, -0.2) is 0 Å². The summed E-state index contributed by atoms with van der Waals surface area (Å²) in [4.78, 5) is 0. The fraction of sp³-hybridized carbons (Fsp3) is 1.00. The smallest absolute Gasteiger partial charge is 0.104 e. The van der Waals surface area contributed by atoms with Gasteiger partial charge in [0.15, 0.2) is 0 Å². The van der Waals surface area contributed by atoms with E-state index in [9.17, 15) is 0 Å². The van der Waals surface area contributed by atoms with Crippen molar-refractivity contribution in [3.05, 3.63) is 0 Å². The molecule has 0 aromatic rings. The van der Waals surface area contributed by atoms with E-state index in [1.165, 1.54) is 28.6 Å². The van der Waals surface area contributed by atoms with Crippen LogP contribution in [-0.2, 0) is 9.47 Å². The van der Waals surface area contributed by atoms with Gasteiger partial charge in [-0.1, -0.05) is 19.0 Å². The first-order chi connectivity index (χ1) is 5.79. The van der Waals surface area contributed by atoms with Gasteiger partial charge in [0.05, 0.1) is 13.2 Å². The fourth-order valence-electron chi connectivity index (χ4n) is 1.14. The number of rotatable bonds is 7. The lowest BCUT2D eigenvalue weighted by Gasteiger charge is -2.03. The van der Waals surface area contributed by atoms with Gasteiger partial charge in [0.2, 0.25) is 0 Å². The normalized spacial score (nSPS) is 24.2. The fourth-order valence-corrected chi connectivity index (χ4v) is 3.47. The van der Waals surface area contributed by atoms with E-state index in [4.69, 9.17) is 9.47 Å². The van der Waals surface area contributed by atoms with Crippen molar-refractivity contribution in [3.8, 4) is 0 Å². The SMILES string of the molecule is C[SiH]([SiH3])CCCCOCC1CO1. The second-order valence-corrected chi connectivity index (χ2v) is 13.2. The highest BCUT2D eigenvalue weighted by Crippen LogP contribution is 2.09. The number of hydrogen-bond acceptors (Lipinski definition) is 2. The van der Waals surface area contributed by atoms with Gasteiger partial charge in [0.25, 0.3) is 0 Å². The van der Waals surface area contributed by atoms with Crippen molar-refractivity contribution >= 4 is 18.1 Å². The minimum Gasteiger partial charge on any atom is -0.379 e. The molecule has 0 aliphatic carbocycles. The summed E-state index contributed by atoms with van der Waals surface area (Å²) in [7, 11) is 1.30. The van der Waals surface area contributed by atoms with Crippen LogP contribution in [0, 0.1) is 0 Å². The molecule has 4 heteroatoms. The van der Waals surface area contributed by atoms with E-state index in [1.807, 2.05) is 0 Å². The van der Waals surface area contributed by atoms with Gasteiger partial charge in [0, 0.05) is 14.9 Å². The monoisotopic (exact) mass is 204 g/mol. The van der Waals surface area contributed by atoms with Crippen molar-refractivity contribution in [3.63, 3.8) is 0 Å². The number of ether oxygens (including phenoxy) is 2. The van der Waals surface area contributed by atoms with Crippen LogP contribution in [0.5, 0.6) is 0 Å². The quantitative estimate of drug-likeness (QED) is 0.328. The molecular weight excluding hydrogens is 184 g/mol. The molecule has 0 bridgehead atoms. The summed E-state index contributed by atoms with van der Waals surface area (Å²) in [6, 6.07) is 1.52. The van der Waals surface area contributed by atoms with Crippen LogP contribution in [0.1, 0.15) is 12.8 Å². The standard InChI is InChI=1S/C8H20O2Si2/c1-12(11)5-3-2-4-9-6-8-7-10-8/h8,12H,2-7H2,1,11H3. The van der Waals surface area contributed by atoms with Gasteiger partial charge >= 0.3 is 0 Å². The molecule has 0 N–H and O–H groups in total. The van der Waals surface area contributed by atoms with Crippen LogP contribution in [0.2, 0.25) is 12.6 Å². The average Bonchev–Trinajstić information content (AvgIpc) is 2.79. The summed E-state index contributed by atoms with van der Waals surface area (Å²) in [6.45, 7) is 5.16. The summed E-state index contributed by atoms with van der Waals surface area (Å²) in [5.41, 5.74) is 0. The molecule has 72 valence electrons. The molecule has 1 rings (SSSR count). The molecule has 0 aromatic heterocycles. The maximum atomic E-state index is 5.44. The Morgan fingerprint density at radius 1 is 1.58 bits per heavy atom. The molecule has 12 heavy (non-hydrogen) atoms. The highest BCUT2D eigenvalue weighted by Gasteiger charge is 2.21. The molecule has 2 unspecified atom stereocenters. The van der Waals surface area contributed by atoms with E-state index in [-0.39, 0.29) is 8.31 Å². The van der Waals surface area contributed by atoms with E-state index in [1.54, 1.807) is 0 Å². The Hall–Kier alpha value is 0.354. The van der Waals surface area contributed by atoms with Crippen LogP contribution in [0.4, 0.5) is 0 Å². The summed E-state index contributed by atoms with van der Waals surface area (Å²) >= 11 is 0. The Balaban J connectivity index is 1.70. The Morgan fingerprint density at radius 2 is 2.33 bits per heavy atom. The summed E-state index contributed by atoms with van der Waals surface area (Å²) in [5, 5.41) is 0. The van der Waals surface area contributed by atoms with E-state index < -0.39 is 0 Å². The summed E-state index contributed by atoms with van der Waals surface area (Å²) < 4.78 is 10.5. The second kappa shape index (κ2) is 5.91. The van der Waals surface area contributed by atoms with Gasteiger partial charge in [-0.2, -0.15) is 0 Å². The first-order valence-corrected chi connectivity index (χ1v) is 11.6. The molecule has 2 atom stereocenters. The van der Waals surface area contributed by atoms with Gasteiger partial charge in [-0.3, -0.25) is 0 Å². The van der Waals surface area contributed by atoms with Crippen LogP contribution in [0.25, 0.3) is 0 Å². The Labute approximate surface area is 79.5 Å². The minimum absolute atomic E-state index is 0.171. The molecule has 2 nitrogen and oxygen atoms in total. The van der Waals surface area contributed by atoms with Crippen molar-refractivity contribution in [2.24, 2.45) is 0 Å². The highest BCUT2D eigenvalue weighted by atomic mass is 29.1. The number of epoxide rings is 1. The van der Waals surface area contributed by atoms with Gasteiger partial charge in [-0.05, 0) is 16.2 Å². The van der Waals surface area contributed by atoms with Crippen LogP contribution >= 0.6 is 0 Å². The predicted octanol–water partition coefficient (Wildman–Crippen LogP) is -0.0990. The average molecular weight is 204 g/mol. The minimum atomic E-state index is -0.171. The van der Waals surface area contributed by atoms with E-state index >= 15 is 0 Å². The molecule has 0 spiro atoms. The lowest BCUT2D eigenvalue weighted by molar-refractivity contribution is 0.114. The maximum Gasteiger partial charge on any atom is 0.104 e. The van der Waals surface area contributed by atoms with Crippen molar-refractivity contribution < 1.29 is 9.47 Å². The Morgan fingerprint density at radius 3 is 2.92 bits per heavy atom. The zero-order valence-electron chi connectivity index (χ0n) is 8.21. The molecule has 1 saturated heterocycles. The lowest BCUT2D eigenvalue weighted by Crippen LogP contribution is -2.07. The van der Waals surface area contributed by atoms with E-state index in [0.717, 1.165) is 19.8 Å². The molecule has 0 radical (unpaired) electrons. The van der Waals surface area contributed by atoms with Crippen molar-refractivity contribution in [1.82, 2.24) is 0 Å². The second-order valence-electron chi connectivity index (χ2n) is 3.92. The van der Waals surface area contributed by atoms with Crippen LogP contribution in [0.3, 0.4) is 0 Å². The van der Waals surface area contributed by atoms with Crippen molar-refractivity contribution in [2.45, 2.75) is 31.5 Å². The summed E-state index contributed by atoms with van der Waals surface area (Å²) in [6.07, 6.45) is 3.09. The first kappa shape index (κ1) is 10.4. The zero-order chi connectivity index (χ0) is 8.81. The number of hydrogen-bond donors (Lipinski definition) is 0. The van der Waals surface area contributed by atoms with Crippen LogP contribution < -0.4 is 0 Å². The van der Waals surface area contributed by atoms with Crippen LogP contribution in [-0.4, -0.2) is 44.0 Å². The molecule has 0 amide bonds. The van der Waals surface area contributed by atoms with Gasteiger partial charge in [-0.15, -0.1) is 0 Å². The first-order valence-electron chi connectivity index (χ1n) is 4.98.